The van der Waals surface area contributed by atoms with Crippen LogP contribution >= 0.6 is 11.3 Å². The zero-order valence-corrected chi connectivity index (χ0v) is 12.1. The molecule has 0 aliphatic heterocycles. The van der Waals surface area contributed by atoms with Crippen LogP contribution in [0.5, 0.6) is 0 Å². The van der Waals surface area contributed by atoms with E-state index in [9.17, 15) is 0 Å². The summed E-state index contributed by atoms with van der Waals surface area (Å²) in [5.74, 6) is 0. The van der Waals surface area contributed by atoms with Crippen molar-refractivity contribution in [1.82, 2.24) is 9.97 Å². The van der Waals surface area contributed by atoms with Crippen molar-refractivity contribution in [3.8, 4) is 0 Å². The van der Waals surface area contributed by atoms with Crippen molar-refractivity contribution in [2.45, 2.75) is 25.3 Å². The molecule has 2 aromatic heterocycles. The number of rotatable bonds is 5. The summed E-state index contributed by atoms with van der Waals surface area (Å²) in [7, 11) is 0. The van der Waals surface area contributed by atoms with Crippen LogP contribution in [0.25, 0.3) is 21.1 Å². The van der Waals surface area contributed by atoms with Crippen molar-refractivity contribution in [3.05, 3.63) is 35.5 Å². The first-order valence-electron chi connectivity index (χ1n) is 6.89. The lowest BCUT2D eigenvalue weighted by atomic mass is 10.1. The topological polar surface area (TPSA) is 77.8 Å². The SMILES string of the molecule is NCCCC[C@@H](N)c1nc2cnc3ccccc3c2s1. The van der Waals surface area contributed by atoms with E-state index in [1.807, 2.05) is 24.4 Å². The predicted octanol–water partition coefficient (Wildman–Crippen LogP) is 2.97. The average Bonchev–Trinajstić information content (AvgIpc) is 2.92. The second-order valence-electron chi connectivity index (χ2n) is 4.93. The Labute approximate surface area is 121 Å². The fraction of sp³-hybridized carbons (Fsp3) is 0.333. The van der Waals surface area contributed by atoms with Gasteiger partial charge in [-0.1, -0.05) is 24.6 Å². The van der Waals surface area contributed by atoms with Gasteiger partial charge in [0, 0.05) is 5.39 Å². The van der Waals surface area contributed by atoms with E-state index in [-0.39, 0.29) is 6.04 Å². The molecule has 1 aromatic carbocycles. The number of para-hydroxylation sites is 1. The maximum absolute atomic E-state index is 6.23. The van der Waals surface area contributed by atoms with Gasteiger partial charge in [0.2, 0.25) is 0 Å². The standard InChI is InChI=1S/C15H18N4S/c16-8-4-3-6-11(17)15-19-13-9-18-12-7-2-1-5-10(12)14(13)20-15/h1-2,5,7,9,11H,3-4,6,8,16-17H2/t11-/m1/s1. The molecule has 2 heterocycles. The summed E-state index contributed by atoms with van der Waals surface area (Å²) < 4.78 is 1.18. The molecule has 0 saturated carbocycles. The maximum atomic E-state index is 6.23. The number of nitrogens with two attached hydrogens (primary N) is 2. The molecule has 4 N–H and O–H groups in total. The predicted molar refractivity (Wildman–Crippen MR) is 84.8 cm³/mol. The van der Waals surface area contributed by atoms with Crippen molar-refractivity contribution in [2.75, 3.05) is 6.54 Å². The van der Waals surface area contributed by atoms with Crippen LogP contribution in [-0.2, 0) is 0 Å². The minimum atomic E-state index is -0.00212. The lowest BCUT2D eigenvalue weighted by molar-refractivity contribution is 0.589. The van der Waals surface area contributed by atoms with Crippen molar-refractivity contribution < 1.29 is 0 Å². The Hall–Kier alpha value is -1.56. The molecule has 0 radical (unpaired) electrons. The third kappa shape index (κ3) is 2.52. The molecule has 104 valence electrons. The largest absolute Gasteiger partial charge is 0.330 e. The van der Waals surface area contributed by atoms with E-state index in [2.05, 4.69) is 16.0 Å². The monoisotopic (exact) mass is 286 g/mol. The molecule has 3 aromatic rings. The van der Waals surface area contributed by atoms with Gasteiger partial charge in [0.25, 0.3) is 0 Å². The van der Waals surface area contributed by atoms with Crippen LogP contribution in [0.2, 0.25) is 0 Å². The molecular formula is C15H18N4S. The summed E-state index contributed by atoms with van der Waals surface area (Å²) in [6, 6.07) is 8.14. The fourth-order valence-electron chi connectivity index (χ4n) is 2.33. The van der Waals surface area contributed by atoms with Crippen molar-refractivity contribution >= 4 is 32.5 Å². The summed E-state index contributed by atoms with van der Waals surface area (Å²) in [5.41, 5.74) is 13.7. The smallest absolute Gasteiger partial charge is 0.111 e. The van der Waals surface area contributed by atoms with E-state index < -0.39 is 0 Å². The zero-order valence-electron chi connectivity index (χ0n) is 11.2. The van der Waals surface area contributed by atoms with Crippen LogP contribution in [0.1, 0.15) is 30.3 Å². The van der Waals surface area contributed by atoms with Gasteiger partial charge in [0.05, 0.1) is 22.5 Å². The summed E-state index contributed by atoms with van der Waals surface area (Å²) in [6.07, 6.45) is 4.84. The number of aromatic nitrogens is 2. The second-order valence-corrected chi connectivity index (χ2v) is 5.96. The molecule has 3 rings (SSSR count). The van der Waals surface area contributed by atoms with Crippen LogP contribution < -0.4 is 11.5 Å². The Bertz CT molecular complexity index is 722. The van der Waals surface area contributed by atoms with E-state index in [0.29, 0.717) is 0 Å². The molecule has 0 saturated heterocycles. The third-order valence-electron chi connectivity index (χ3n) is 3.43. The number of hydrogen-bond acceptors (Lipinski definition) is 5. The molecular weight excluding hydrogens is 268 g/mol. The summed E-state index contributed by atoms with van der Waals surface area (Å²) in [5, 5.41) is 2.15. The Kier molecular flexibility index (Phi) is 3.91. The Balaban J connectivity index is 1.96. The highest BCUT2D eigenvalue weighted by molar-refractivity contribution is 7.19. The first-order valence-corrected chi connectivity index (χ1v) is 7.71. The number of nitrogens with zero attached hydrogens (tertiary/aromatic N) is 2. The van der Waals surface area contributed by atoms with Gasteiger partial charge in [-0.15, -0.1) is 11.3 Å². The summed E-state index contributed by atoms with van der Waals surface area (Å²) in [4.78, 5) is 9.09. The number of pyridine rings is 1. The third-order valence-corrected chi connectivity index (χ3v) is 4.67. The second kappa shape index (κ2) is 5.83. The molecule has 5 heteroatoms. The Morgan fingerprint density at radius 1 is 1.15 bits per heavy atom. The van der Waals surface area contributed by atoms with Crippen LogP contribution in [-0.4, -0.2) is 16.5 Å². The van der Waals surface area contributed by atoms with Gasteiger partial charge in [-0.25, -0.2) is 4.98 Å². The van der Waals surface area contributed by atoms with Crippen molar-refractivity contribution in [3.63, 3.8) is 0 Å². The minimum Gasteiger partial charge on any atom is -0.330 e. The molecule has 0 fully saturated rings. The Morgan fingerprint density at radius 2 is 2.00 bits per heavy atom. The number of unbranched alkanes of at least 4 members (excludes halogenated alkanes) is 1. The van der Waals surface area contributed by atoms with E-state index >= 15 is 0 Å². The van der Waals surface area contributed by atoms with Crippen LogP contribution in [0, 0.1) is 0 Å². The highest BCUT2D eigenvalue weighted by atomic mass is 32.1. The molecule has 0 aliphatic carbocycles. The zero-order chi connectivity index (χ0) is 13.9. The van der Waals surface area contributed by atoms with Gasteiger partial charge in [-0.05, 0) is 25.5 Å². The number of benzene rings is 1. The highest BCUT2D eigenvalue weighted by Crippen LogP contribution is 2.32. The van der Waals surface area contributed by atoms with Gasteiger partial charge in [-0.3, -0.25) is 4.98 Å². The van der Waals surface area contributed by atoms with E-state index in [4.69, 9.17) is 11.5 Å². The van der Waals surface area contributed by atoms with E-state index in [0.717, 1.165) is 47.2 Å². The first kappa shape index (κ1) is 13.4. The first-order chi connectivity index (χ1) is 9.79. The quantitative estimate of drug-likeness (QED) is 0.707. The van der Waals surface area contributed by atoms with Gasteiger partial charge >= 0.3 is 0 Å². The molecule has 0 aliphatic rings. The van der Waals surface area contributed by atoms with E-state index in [1.54, 1.807) is 11.3 Å². The molecule has 1 atom stereocenters. The maximum Gasteiger partial charge on any atom is 0.111 e. The van der Waals surface area contributed by atoms with E-state index in [1.165, 1.54) is 4.70 Å². The molecule has 0 spiro atoms. The summed E-state index contributed by atoms with van der Waals surface area (Å²) >= 11 is 1.69. The molecule has 20 heavy (non-hydrogen) atoms. The highest BCUT2D eigenvalue weighted by Gasteiger charge is 2.13. The molecule has 0 bridgehead atoms. The minimum absolute atomic E-state index is 0.00212. The number of thiazole rings is 1. The molecule has 0 amide bonds. The van der Waals surface area contributed by atoms with Gasteiger partial charge in [0.15, 0.2) is 0 Å². The normalized spacial score (nSPS) is 13.1. The van der Waals surface area contributed by atoms with Crippen molar-refractivity contribution in [2.24, 2.45) is 11.5 Å². The molecule has 4 nitrogen and oxygen atoms in total. The lowest BCUT2D eigenvalue weighted by Gasteiger charge is -2.06. The van der Waals surface area contributed by atoms with Crippen molar-refractivity contribution in [1.29, 1.82) is 0 Å². The van der Waals surface area contributed by atoms with Crippen LogP contribution in [0.3, 0.4) is 0 Å². The summed E-state index contributed by atoms with van der Waals surface area (Å²) in [6.45, 7) is 0.723. The van der Waals surface area contributed by atoms with Gasteiger partial charge in [0.1, 0.15) is 10.5 Å². The number of fused-ring (bicyclic) bond motifs is 3. The molecule has 0 unspecified atom stereocenters. The van der Waals surface area contributed by atoms with Gasteiger partial charge < -0.3 is 11.5 Å². The van der Waals surface area contributed by atoms with Crippen LogP contribution in [0.15, 0.2) is 30.5 Å². The lowest BCUT2D eigenvalue weighted by Crippen LogP contribution is -2.10. The van der Waals surface area contributed by atoms with Gasteiger partial charge in [-0.2, -0.15) is 0 Å². The average molecular weight is 286 g/mol. The van der Waals surface area contributed by atoms with Crippen LogP contribution in [0.4, 0.5) is 0 Å². The number of hydrogen-bond donors (Lipinski definition) is 2. The fourth-order valence-corrected chi connectivity index (χ4v) is 3.44. The Morgan fingerprint density at radius 3 is 2.85 bits per heavy atom.